The van der Waals surface area contributed by atoms with Crippen LogP contribution in [0.1, 0.15) is 25.7 Å². The molecule has 1 aromatic rings. The fraction of sp³-hybridized carbons (Fsp3) is 0.583. The fourth-order valence-electron chi connectivity index (χ4n) is 3.10. The minimum Gasteiger partial charge on any atom is -0.399 e. The number of nitrogens with two attached hydrogens (primary N) is 1. The number of piperidine rings is 1. The molecule has 4 nitrogen and oxygen atoms in total. The van der Waals surface area contributed by atoms with E-state index in [9.17, 15) is 5.11 Å². The van der Waals surface area contributed by atoms with Gasteiger partial charge in [-0.3, -0.25) is 0 Å². The summed E-state index contributed by atoms with van der Waals surface area (Å²) in [6, 6.07) is 4.64. The van der Waals surface area contributed by atoms with Crippen LogP contribution >= 0.6 is 0 Å². The third-order valence-corrected chi connectivity index (χ3v) is 3.74. The molecule has 16 heavy (non-hydrogen) atoms. The summed E-state index contributed by atoms with van der Waals surface area (Å²) in [5, 5.41) is 9.74. The number of nitrogen functional groups attached to an aromatic ring is 1. The van der Waals surface area contributed by atoms with E-state index < -0.39 is 0 Å². The van der Waals surface area contributed by atoms with E-state index in [1.165, 1.54) is 0 Å². The van der Waals surface area contributed by atoms with Crippen molar-refractivity contribution in [2.75, 3.05) is 10.6 Å². The number of hydrogen-bond acceptors (Lipinski definition) is 4. The normalized spacial score (nSPS) is 33.1. The fourth-order valence-corrected chi connectivity index (χ4v) is 3.10. The van der Waals surface area contributed by atoms with Gasteiger partial charge in [-0.1, -0.05) is 0 Å². The van der Waals surface area contributed by atoms with Crippen LogP contribution in [-0.2, 0) is 0 Å². The summed E-state index contributed by atoms with van der Waals surface area (Å²) < 4.78 is 0. The van der Waals surface area contributed by atoms with Crippen molar-refractivity contribution in [2.24, 2.45) is 0 Å². The maximum Gasteiger partial charge on any atom is 0.131 e. The molecular formula is C12H17N3O. The van der Waals surface area contributed by atoms with Crippen LogP contribution in [0, 0.1) is 0 Å². The van der Waals surface area contributed by atoms with Gasteiger partial charge in [0.25, 0.3) is 0 Å². The summed E-state index contributed by atoms with van der Waals surface area (Å²) in [6.45, 7) is 0. The Kier molecular flexibility index (Phi) is 2.24. The van der Waals surface area contributed by atoms with Crippen molar-refractivity contribution in [1.82, 2.24) is 4.98 Å². The lowest BCUT2D eigenvalue weighted by Crippen LogP contribution is -2.45. The highest BCUT2D eigenvalue weighted by molar-refractivity contribution is 5.52. The molecule has 2 bridgehead atoms. The van der Waals surface area contributed by atoms with E-state index in [1.54, 1.807) is 6.20 Å². The van der Waals surface area contributed by atoms with E-state index in [-0.39, 0.29) is 6.10 Å². The number of anilines is 2. The second-order valence-electron chi connectivity index (χ2n) is 4.86. The van der Waals surface area contributed by atoms with Crippen LogP contribution in [0.5, 0.6) is 0 Å². The molecule has 2 fully saturated rings. The molecule has 0 saturated carbocycles. The molecule has 2 atom stereocenters. The highest BCUT2D eigenvalue weighted by Gasteiger charge is 2.40. The molecule has 4 heteroatoms. The maximum atomic E-state index is 9.74. The van der Waals surface area contributed by atoms with Crippen molar-refractivity contribution in [2.45, 2.75) is 43.9 Å². The third-order valence-electron chi connectivity index (χ3n) is 3.74. The van der Waals surface area contributed by atoms with Gasteiger partial charge in [0.2, 0.25) is 0 Å². The minimum absolute atomic E-state index is 0.130. The van der Waals surface area contributed by atoms with E-state index in [0.29, 0.717) is 12.1 Å². The van der Waals surface area contributed by atoms with Crippen LogP contribution < -0.4 is 10.6 Å². The number of aromatic nitrogens is 1. The van der Waals surface area contributed by atoms with Gasteiger partial charge >= 0.3 is 0 Å². The Morgan fingerprint density at radius 2 is 2.00 bits per heavy atom. The number of aliphatic hydroxyl groups is 1. The van der Waals surface area contributed by atoms with Crippen molar-refractivity contribution in [3.63, 3.8) is 0 Å². The van der Waals surface area contributed by atoms with E-state index in [2.05, 4.69) is 9.88 Å². The predicted octanol–water partition coefficient (Wildman–Crippen LogP) is 1.16. The molecule has 2 unspecified atom stereocenters. The minimum atomic E-state index is -0.130. The number of hydrogen-bond donors (Lipinski definition) is 2. The quantitative estimate of drug-likeness (QED) is 0.744. The number of pyridine rings is 1. The lowest BCUT2D eigenvalue weighted by Gasteiger charge is -2.38. The Bertz CT molecular complexity index is 382. The topological polar surface area (TPSA) is 62.4 Å². The van der Waals surface area contributed by atoms with Gasteiger partial charge in [0, 0.05) is 30.0 Å². The van der Waals surface area contributed by atoms with Gasteiger partial charge in [-0.2, -0.15) is 0 Å². The smallest absolute Gasteiger partial charge is 0.131 e. The summed E-state index contributed by atoms with van der Waals surface area (Å²) in [7, 11) is 0. The van der Waals surface area contributed by atoms with Crippen LogP contribution in [0.3, 0.4) is 0 Å². The first-order valence-electron chi connectivity index (χ1n) is 5.92. The number of aliphatic hydroxyl groups excluding tert-OH is 1. The highest BCUT2D eigenvalue weighted by Crippen LogP contribution is 2.38. The average molecular weight is 219 g/mol. The molecule has 2 saturated heterocycles. The summed E-state index contributed by atoms with van der Waals surface area (Å²) in [6.07, 6.45) is 5.70. The standard InChI is InChI=1S/C12H17N3O/c13-8-3-4-14-12(5-8)15-9-1-2-10(15)7-11(16)6-9/h3-5,9-11,16H,1-2,6-7H2,(H2,13,14). The number of rotatable bonds is 1. The third kappa shape index (κ3) is 1.53. The zero-order valence-electron chi connectivity index (χ0n) is 9.21. The molecule has 3 rings (SSSR count). The van der Waals surface area contributed by atoms with Crippen LogP contribution in [0.15, 0.2) is 18.3 Å². The second kappa shape index (κ2) is 3.63. The van der Waals surface area contributed by atoms with E-state index in [4.69, 9.17) is 5.73 Å². The highest BCUT2D eigenvalue weighted by atomic mass is 16.3. The molecule has 2 aliphatic rings. The van der Waals surface area contributed by atoms with Crippen LogP contribution in [0.25, 0.3) is 0 Å². The Labute approximate surface area is 95.1 Å². The monoisotopic (exact) mass is 219 g/mol. The van der Waals surface area contributed by atoms with Crippen molar-refractivity contribution >= 4 is 11.5 Å². The van der Waals surface area contributed by atoms with Gasteiger partial charge in [-0.15, -0.1) is 0 Å². The predicted molar refractivity (Wildman–Crippen MR) is 63.2 cm³/mol. The van der Waals surface area contributed by atoms with Crippen molar-refractivity contribution < 1.29 is 5.11 Å². The zero-order chi connectivity index (χ0) is 11.1. The Morgan fingerprint density at radius 3 is 2.62 bits per heavy atom. The van der Waals surface area contributed by atoms with Crippen molar-refractivity contribution in [3.8, 4) is 0 Å². The summed E-state index contributed by atoms with van der Waals surface area (Å²) >= 11 is 0. The van der Waals surface area contributed by atoms with Gasteiger partial charge in [0.15, 0.2) is 0 Å². The second-order valence-corrected chi connectivity index (χ2v) is 4.86. The molecule has 0 aliphatic carbocycles. The average Bonchev–Trinajstić information content (AvgIpc) is 2.51. The molecule has 86 valence electrons. The molecule has 0 amide bonds. The Hall–Kier alpha value is -1.29. The summed E-state index contributed by atoms with van der Waals surface area (Å²) in [4.78, 5) is 6.74. The number of fused-ring (bicyclic) bond motifs is 2. The van der Waals surface area contributed by atoms with Gasteiger partial charge in [0.05, 0.1) is 6.10 Å². The van der Waals surface area contributed by atoms with Gasteiger partial charge in [0.1, 0.15) is 5.82 Å². The Morgan fingerprint density at radius 1 is 1.31 bits per heavy atom. The molecule has 0 spiro atoms. The molecule has 0 radical (unpaired) electrons. The van der Waals surface area contributed by atoms with Crippen LogP contribution in [0.4, 0.5) is 11.5 Å². The van der Waals surface area contributed by atoms with E-state index in [1.807, 2.05) is 12.1 Å². The molecule has 2 aliphatic heterocycles. The first-order valence-corrected chi connectivity index (χ1v) is 5.92. The van der Waals surface area contributed by atoms with Crippen molar-refractivity contribution in [1.29, 1.82) is 0 Å². The zero-order valence-corrected chi connectivity index (χ0v) is 9.21. The maximum absolute atomic E-state index is 9.74. The molecule has 3 heterocycles. The molecule has 1 aromatic heterocycles. The van der Waals surface area contributed by atoms with Crippen LogP contribution in [-0.4, -0.2) is 28.3 Å². The number of nitrogens with zero attached hydrogens (tertiary/aromatic N) is 2. The van der Waals surface area contributed by atoms with Gasteiger partial charge in [-0.05, 0) is 31.7 Å². The van der Waals surface area contributed by atoms with Gasteiger partial charge in [-0.25, -0.2) is 4.98 Å². The van der Waals surface area contributed by atoms with Crippen LogP contribution in [0.2, 0.25) is 0 Å². The summed E-state index contributed by atoms with van der Waals surface area (Å²) in [5.74, 6) is 0.972. The molecule has 0 aromatic carbocycles. The van der Waals surface area contributed by atoms with E-state index in [0.717, 1.165) is 37.2 Å². The lowest BCUT2D eigenvalue weighted by molar-refractivity contribution is 0.126. The summed E-state index contributed by atoms with van der Waals surface area (Å²) in [5.41, 5.74) is 6.55. The van der Waals surface area contributed by atoms with E-state index >= 15 is 0 Å². The van der Waals surface area contributed by atoms with Gasteiger partial charge < -0.3 is 15.7 Å². The first kappa shape index (κ1) is 9.90. The largest absolute Gasteiger partial charge is 0.399 e. The lowest BCUT2D eigenvalue weighted by atomic mass is 10.00. The molecule has 3 N–H and O–H groups in total. The van der Waals surface area contributed by atoms with Crippen molar-refractivity contribution in [3.05, 3.63) is 18.3 Å². The molecular weight excluding hydrogens is 202 g/mol. The Balaban J connectivity index is 1.91. The SMILES string of the molecule is Nc1ccnc(N2C3CCC2CC(O)C3)c1. The first-order chi connectivity index (χ1) is 7.74.